The number of rotatable bonds is 7. The normalized spacial score (nSPS) is 12.1. The Kier molecular flexibility index (Phi) is 5.66. The highest BCUT2D eigenvalue weighted by atomic mass is 32.2. The Hall–Kier alpha value is -3.29. The van der Waals surface area contributed by atoms with Gasteiger partial charge in [-0.25, -0.2) is 8.42 Å². The van der Waals surface area contributed by atoms with Crippen molar-refractivity contribution in [2.75, 3.05) is 0 Å². The van der Waals surface area contributed by atoms with Crippen molar-refractivity contribution in [1.82, 2.24) is 4.72 Å². The lowest BCUT2D eigenvalue weighted by Crippen LogP contribution is -2.42. The van der Waals surface area contributed by atoms with Gasteiger partial charge in [-0.1, -0.05) is 18.2 Å². The van der Waals surface area contributed by atoms with E-state index in [1.165, 1.54) is 18.2 Å². The smallest absolute Gasteiger partial charge is 0.322 e. The summed E-state index contributed by atoms with van der Waals surface area (Å²) < 4.78 is 26.8. The van der Waals surface area contributed by atoms with Crippen molar-refractivity contribution in [3.05, 3.63) is 69.8 Å². The topological polar surface area (TPSA) is 150 Å². The first kappa shape index (κ1) is 19.0. The number of nitro benzene ring substituents is 1. The van der Waals surface area contributed by atoms with Gasteiger partial charge in [-0.15, -0.1) is 0 Å². The van der Waals surface area contributed by atoms with Crippen molar-refractivity contribution in [3.63, 3.8) is 0 Å². The molecule has 0 unspecified atom stereocenters. The monoisotopic (exact) mass is 375 g/mol. The Morgan fingerprint density at radius 3 is 2.58 bits per heavy atom. The van der Waals surface area contributed by atoms with Crippen LogP contribution in [0.4, 0.5) is 5.69 Å². The summed E-state index contributed by atoms with van der Waals surface area (Å²) in [5.74, 6) is -1.42. The third kappa shape index (κ3) is 4.62. The average molecular weight is 375 g/mol. The molecule has 0 heterocycles. The van der Waals surface area contributed by atoms with E-state index in [1.54, 1.807) is 12.1 Å². The van der Waals surface area contributed by atoms with Crippen molar-refractivity contribution < 1.29 is 23.2 Å². The van der Waals surface area contributed by atoms with Crippen molar-refractivity contribution >= 4 is 21.7 Å². The van der Waals surface area contributed by atoms with E-state index < -0.39 is 37.5 Å². The third-order valence-electron chi connectivity index (χ3n) is 3.43. The molecule has 2 aromatic rings. The number of non-ortho nitro benzene ring substituents is 1. The molecule has 10 heteroatoms. The zero-order chi connectivity index (χ0) is 19.3. The maximum Gasteiger partial charge on any atom is 0.322 e. The van der Waals surface area contributed by atoms with Crippen molar-refractivity contribution in [2.45, 2.75) is 17.4 Å². The number of nitriles is 1. The highest BCUT2D eigenvalue weighted by molar-refractivity contribution is 7.89. The van der Waals surface area contributed by atoms with Crippen LogP contribution in [0.1, 0.15) is 11.1 Å². The molecule has 26 heavy (non-hydrogen) atoms. The zero-order valence-corrected chi connectivity index (χ0v) is 14.0. The van der Waals surface area contributed by atoms with E-state index in [2.05, 4.69) is 0 Å². The van der Waals surface area contributed by atoms with E-state index >= 15 is 0 Å². The van der Waals surface area contributed by atoms with Crippen molar-refractivity contribution in [3.8, 4) is 6.07 Å². The maximum atomic E-state index is 12.4. The Balaban J connectivity index is 2.28. The van der Waals surface area contributed by atoms with Gasteiger partial charge in [-0.2, -0.15) is 9.98 Å². The van der Waals surface area contributed by atoms with E-state index in [1.807, 2.05) is 10.8 Å². The lowest BCUT2D eigenvalue weighted by atomic mass is 10.0. The number of nitrogens with zero attached hydrogens (tertiary/aromatic N) is 2. The fourth-order valence-electron chi connectivity index (χ4n) is 2.20. The standard InChI is InChI=1S/C16H13N3O6S/c17-10-12-4-1-3-11(7-12)8-15(16(20)21)18-26(24,25)14-6-2-5-13(9-14)19(22)23/h1-7,9,15,18H,8H2,(H,20,21)/t15-/m0/s1. The van der Waals surface area contributed by atoms with Gasteiger partial charge in [0.1, 0.15) is 6.04 Å². The summed E-state index contributed by atoms with van der Waals surface area (Å²) in [5, 5.41) is 29.0. The molecule has 2 N–H and O–H groups in total. The molecule has 2 rings (SSSR count). The van der Waals surface area contributed by atoms with Crippen LogP contribution < -0.4 is 4.72 Å². The molecule has 0 bridgehead atoms. The van der Waals surface area contributed by atoms with Gasteiger partial charge >= 0.3 is 5.97 Å². The predicted octanol–water partition coefficient (Wildman–Crippen LogP) is 1.44. The first-order valence-corrected chi connectivity index (χ1v) is 8.70. The van der Waals surface area contributed by atoms with Gasteiger partial charge in [0.2, 0.25) is 10.0 Å². The second-order valence-corrected chi connectivity index (χ2v) is 7.00. The molecule has 0 radical (unpaired) electrons. The van der Waals surface area contributed by atoms with E-state index in [9.17, 15) is 28.4 Å². The Labute approximate surface area is 148 Å². The van der Waals surface area contributed by atoms with Crippen LogP contribution in [-0.4, -0.2) is 30.5 Å². The molecule has 9 nitrogen and oxygen atoms in total. The number of hydrogen-bond acceptors (Lipinski definition) is 6. The van der Waals surface area contributed by atoms with Crippen LogP contribution in [0.5, 0.6) is 0 Å². The van der Waals surface area contributed by atoms with Crippen LogP contribution in [0.25, 0.3) is 0 Å². The lowest BCUT2D eigenvalue weighted by Gasteiger charge is -2.15. The second-order valence-electron chi connectivity index (χ2n) is 5.28. The molecule has 0 saturated carbocycles. The molecule has 0 aliphatic carbocycles. The maximum absolute atomic E-state index is 12.4. The first-order valence-electron chi connectivity index (χ1n) is 7.21. The molecule has 0 saturated heterocycles. The summed E-state index contributed by atoms with van der Waals surface area (Å²) >= 11 is 0. The Morgan fingerprint density at radius 2 is 1.96 bits per heavy atom. The summed E-state index contributed by atoms with van der Waals surface area (Å²) in [6.07, 6.45) is -0.195. The van der Waals surface area contributed by atoms with Crippen LogP contribution in [-0.2, 0) is 21.2 Å². The Bertz CT molecular complexity index is 997. The van der Waals surface area contributed by atoms with Crippen LogP contribution in [0, 0.1) is 21.4 Å². The van der Waals surface area contributed by atoms with Crippen LogP contribution in [0.2, 0.25) is 0 Å². The van der Waals surface area contributed by atoms with Gasteiger partial charge in [-0.3, -0.25) is 14.9 Å². The number of nitrogens with one attached hydrogen (secondary N) is 1. The first-order chi connectivity index (χ1) is 12.2. The quantitative estimate of drug-likeness (QED) is 0.549. The van der Waals surface area contributed by atoms with Gasteiger partial charge in [-0.05, 0) is 30.2 Å². The largest absolute Gasteiger partial charge is 0.480 e. The molecular formula is C16H13N3O6S. The zero-order valence-electron chi connectivity index (χ0n) is 13.2. The average Bonchev–Trinajstić information content (AvgIpc) is 2.61. The minimum absolute atomic E-state index is 0.195. The molecule has 134 valence electrons. The molecule has 0 amide bonds. The number of hydrogen-bond donors (Lipinski definition) is 2. The van der Waals surface area contributed by atoms with Crippen molar-refractivity contribution in [2.24, 2.45) is 0 Å². The molecule has 0 fully saturated rings. The van der Waals surface area contributed by atoms with Crippen molar-refractivity contribution in [1.29, 1.82) is 5.26 Å². The molecular weight excluding hydrogens is 362 g/mol. The minimum atomic E-state index is -4.30. The molecule has 2 aromatic carbocycles. The highest BCUT2D eigenvalue weighted by Gasteiger charge is 2.26. The fraction of sp³-hybridized carbons (Fsp3) is 0.125. The van der Waals surface area contributed by atoms with Crippen LogP contribution in [0.15, 0.2) is 53.4 Å². The lowest BCUT2D eigenvalue weighted by molar-refractivity contribution is -0.385. The summed E-state index contributed by atoms with van der Waals surface area (Å²) in [4.78, 5) is 21.1. The number of aliphatic carboxylic acids is 1. The number of benzene rings is 2. The number of carbonyl (C=O) groups is 1. The summed E-state index contributed by atoms with van der Waals surface area (Å²) in [5.41, 5.74) is 0.341. The summed E-state index contributed by atoms with van der Waals surface area (Å²) in [7, 11) is -4.30. The predicted molar refractivity (Wildman–Crippen MR) is 89.7 cm³/mol. The molecule has 0 spiro atoms. The number of carboxylic acids is 1. The van der Waals surface area contributed by atoms with Crippen LogP contribution >= 0.6 is 0 Å². The second kappa shape index (κ2) is 7.73. The SMILES string of the molecule is N#Cc1cccc(C[C@H](NS(=O)(=O)c2cccc([N+](=O)[O-])c2)C(=O)O)c1. The minimum Gasteiger partial charge on any atom is -0.480 e. The van der Waals surface area contributed by atoms with E-state index in [0.717, 1.165) is 18.2 Å². The molecule has 0 aliphatic rings. The van der Waals surface area contributed by atoms with Gasteiger partial charge in [0, 0.05) is 12.1 Å². The Morgan fingerprint density at radius 1 is 1.27 bits per heavy atom. The molecule has 1 atom stereocenters. The molecule has 0 aliphatic heterocycles. The fourth-order valence-corrected chi connectivity index (χ4v) is 3.43. The van der Waals surface area contributed by atoms with E-state index in [-0.39, 0.29) is 6.42 Å². The van der Waals surface area contributed by atoms with Gasteiger partial charge in [0.15, 0.2) is 0 Å². The highest BCUT2D eigenvalue weighted by Crippen LogP contribution is 2.18. The van der Waals surface area contributed by atoms with Gasteiger partial charge in [0.25, 0.3) is 5.69 Å². The number of sulfonamides is 1. The van der Waals surface area contributed by atoms with Gasteiger partial charge in [0.05, 0.1) is 21.5 Å². The third-order valence-corrected chi connectivity index (χ3v) is 4.90. The summed E-state index contributed by atoms with van der Waals surface area (Å²) in [6, 6.07) is 10.8. The van der Waals surface area contributed by atoms with E-state index in [4.69, 9.17) is 5.26 Å². The number of nitro groups is 1. The number of carboxylic acid groups (broad SMARTS) is 1. The van der Waals surface area contributed by atoms with Crippen LogP contribution in [0.3, 0.4) is 0 Å². The van der Waals surface area contributed by atoms with E-state index in [0.29, 0.717) is 11.1 Å². The summed E-state index contributed by atoms with van der Waals surface area (Å²) in [6.45, 7) is 0. The molecule has 0 aromatic heterocycles. The van der Waals surface area contributed by atoms with Gasteiger partial charge < -0.3 is 5.11 Å².